The number of ether oxygens (including phenoxy) is 1. The van der Waals surface area contributed by atoms with Gasteiger partial charge < -0.3 is 10.1 Å². The number of rotatable bonds is 5. The van der Waals surface area contributed by atoms with Crippen molar-refractivity contribution in [3.05, 3.63) is 34.9 Å². The van der Waals surface area contributed by atoms with Crippen LogP contribution in [-0.4, -0.2) is 19.3 Å². The molecule has 0 amide bonds. The van der Waals surface area contributed by atoms with Gasteiger partial charge in [-0.3, -0.25) is 0 Å². The zero-order valence-corrected chi connectivity index (χ0v) is 13.5. The molecule has 0 aromatic heterocycles. The van der Waals surface area contributed by atoms with Crippen molar-refractivity contribution in [3.63, 3.8) is 0 Å². The van der Waals surface area contributed by atoms with E-state index in [0.29, 0.717) is 18.1 Å². The Hall–Kier alpha value is -0.860. The monoisotopic (exact) mass is 287 g/mol. The molecule has 1 aromatic carbocycles. The summed E-state index contributed by atoms with van der Waals surface area (Å²) in [5, 5.41) is 3.78. The van der Waals surface area contributed by atoms with Crippen molar-refractivity contribution in [3.8, 4) is 0 Å². The van der Waals surface area contributed by atoms with Crippen LogP contribution < -0.4 is 5.32 Å². The van der Waals surface area contributed by atoms with Gasteiger partial charge in [-0.05, 0) is 68.7 Å². The number of nitrogens with one attached hydrogen (secondary N) is 1. The fraction of sp³-hybridized carbons (Fsp3) is 0.684. The van der Waals surface area contributed by atoms with E-state index in [-0.39, 0.29) is 0 Å². The largest absolute Gasteiger partial charge is 0.378 e. The Morgan fingerprint density at radius 1 is 1.24 bits per heavy atom. The molecule has 2 aliphatic rings. The summed E-state index contributed by atoms with van der Waals surface area (Å²) in [4.78, 5) is 0. The van der Waals surface area contributed by atoms with Crippen molar-refractivity contribution in [2.45, 2.75) is 64.5 Å². The predicted octanol–water partition coefficient (Wildman–Crippen LogP) is 4.03. The second kappa shape index (κ2) is 6.93. The Labute approximate surface area is 129 Å². The van der Waals surface area contributed by atoms with Crippen molar-refractivity contribution in [2.75, 3.05) is 13.2 Å². The van der Waals surface area contributed by atoms with Crippen LogP contribution in [0.5, 0.6) is 0 Å². The summed E-state index contributed by atoms with van der Waals surface area (Å²) in [5.41, 5.74) is 4.65. The number of benzene rings is 1. The Bertz CT molecular complexity index is 471. The molecule has 0 radical (unpaired) electrons. The van der Waals surface area contributed by atoms with E-state index in [9.17, 15) is 0 Å². The van der Waals surface area contributed by atoms with Crippen molar-refractivity contribution < 1.29 is 4.74 Å². The van der Waals surface area contributed by atoms with Gasteiger partial charge in [0.25, 0.3) is 0 Å². The maximum absolute atomic E-state index is 5.82. The molecular formula is C19H29NO. The molecule has 1 heterocycles. The molecule has 1 aliphatic carbocycles. The lowest BCUT2D eigenvalue weighted by atomic mass is 9.84. The molecule has 3 unspecified atom stereocenters. The molecule has 3 rings (SSSR count). The van der Waals surface area contributed by atoms with Crippen LogP contribution in [0.15, 0.2) is 18.2 Å². The van der Waals surface area contributed by atoms with Crippen molar-refractivity contribution >= 4 is 0 Å². The molecule has 1 N–H and O–H groups in total. The zero-order chi connectivity index (χ0) is 14.7. The summed E-state index contributed by atoms with van der Waals surface area (Å²) >= 11 is 0. The fourth-order valence-electron chi connectivity index (χ4n) is 3.95. The van der Waals surface area contributed by atoms with E-state index in [1.807, 2.05) is 0 Å². The van der Waals surface area contributed by atoms with Crippen LogP contribution in [0.3, 0.4) is 0 Å². The highest BCUT2D eigenvalue weighted by molar-refractivity contribution is 5.35. The van der Waals surface area contributed by atoms with Crippen LogP contribution in [0.25, 0.3) is 0 Å². The van der Waals surface area contributed by atoms with E-state index < -0.39 is 0 Å². The van der Waals surface area contributed by atoms with Crippen molar-refractivity contribution in [1.29, 1.82) is 0 Å². The van der Waals surface area contributed by atoms with E-state index in [0.717, 1.165) is 13.2 Å². The average Bonchev–Trinajstić information content (AvgIpc) is 2.94. The van der Waals surface area contributed by atoms with Gasteiger partial charge in [-0.1, -0.05) is 25.1 Å². The molecule has 1 aromatic rings. The van der Waals surface area contributed by atoms with Gasteiger partial charge in [0.05, 0.1) is 6.10 Å². The lowest BCUT2D eigenvalue weighted by molar-refractivity contribution is 0.0953. The summed E-state index contributed by atoms with van der Waals surface area (Å²) in [6.45, 7) is 6.48. The first kappa shape index (κ1) is 15.1. The second-order valence-electron chi connectivity index (χ2n) is 6.70. The smallest absolute Gasteiger partial charge is 0.0594 e. The van der Waals surface area contributed by atoms with E-state index in [4.69, 9.17) is 4.74 Å². The second-order valence-corrected chi connectivity index (χ2v) is 6.70. The summed E-state index contributed by atoms with van der Waals surface area (Å²) in [7, 11) is 0. The topological polar surface area (TPSA) is 21.3 Å². The number of aryl methyl sites for hydroxylation is 2. The standard InChI is InChI=1S/C19H29NO/c1-3-11-20-19(18-10-12-21-14(18)2)17-9-8-15-6-4-5-7-16(15)13-17/h8-9,13-14,18-20H,3-7,10-12H2,1-2H3. The van der Waals surface area contributed by atoms with Crippen LogP contribution in [0, 0.1) is 5.92 Å². The summed E-state index contributed by atoms with van der Waals surface area (Å²) in [6, 6.07) is 7.68. The first-order valence-corrected chi connectivity index (χ1v) is 8.76. The summed E-state index contributed by atoms with van der Waals surface area (Å²) in [6.07, 6.45) is 7.98. The maximum atomic E-state index is 5.82. The molecule has 0 bridgehead atoms. The van der Waals surface area contributed by atoms with Gasteiger partial charge in [0.1, 0.15) is 0 Å². The van der Waals surface area contributed by atoms with Gasteiger partial charge in [-0.2, -0.15) is 0 Å². The zero-order valence-electron chi connectivity index (χ0n) is 13.5. The molecule has 116 valence electrons. The van der Waals surface area contributed by atoms with E-state index in [2.05, 4.69) is 37.4 Å². The third kappa shape index (κ3) is 3.32. The van der Waals surface area contributed by atoms with E-state index >= 15 is 0 Å². The predicted molar refractivity (Wildman–Crippen MR) is 87.6 cm³/mol. The highest BCUT2D eigenvalue weighted by atomic mass is 16.5. The van der Waals surface area contributed by atoms with E-state index in [1.54, 1.807) is 11.1 Å². The van der Waals surface area contributed by atoms with Crippen molar-refractivity contribution in [2.24, 2.45) is 5.92 Å². The first-order chi connectivity index (χ1) is 10.3. The third-order valence-electron chi connectivity index (χ3n) is 5.21. The number of fused-ring (bicyclic) bond motifs is 1. The van der Waals surface area contributed by atoms with Gasteiger partial charge in [-0.25, -0.2) is 0 Å². The Kier molecular flexibility index (Phi) is 4.97. The Balaban J connectivity index is 1.84. The number of hydrogen-bond donors (Lipinski definition) is 1. The van der Waals surface area contributed by atoms with Crippen molar-refractivity contribution in [1.82, 2.24) is 5.32 Å². The minimum atomic E-state index is 0.371. The normalized spacial score (nSPS) is 26.6. The van der Waals surface area contributed by atoms with E-state index in [1.165, 1.54) is 44.1 Å². The van der Waals surface area contributed by atoms with Gasteiger partial charge in [0.2, 0.25) is 0 Å². The molecular weight excluding hydrogens is 258 g/mol. The molecule has 21 heavy (non-hydrogen) atoms. The number of hydrogen-bond acceptors (Lipinski definition) is 2. The molecule has 0 saturated carbocycles. The molecule has 2 nitrogen and oxygen atoms in total. The SMILES string of the molecule is CCCNC(c1ccc2c(c1)CCCC2)C1CCOC1C. The van der Waals surface area contributed by atoms with Gasteiger partial charge in [0, 0.05) is 18.6 Å². The molecule has 0 spiro atoms. The summed E-state index contributed by atoms with van der Waals surface area (Å²) < 4.78 is 5.82. The Morgan fingerprint density at radius 3 is 2.76 bits per heavy atom. The highest BCUT2D eigenvalue weighted by Crippen LogP contribution is 2.35. The summed E-state index contributed by atoms with van der Waals surface area (Å²) in [5.74, 6) is 0.609. The van der Waals surface area contributed by atoms with Gasteiger partial charge in [-0.15, -0.1) is 0 Å². The molecule has 1 aliphatic heterocycles. The first-order valence-electron chi connectivity index (χ1n) is 8.76. The highest BCUT2D eigenvalue weighted by Gasteiger charge is 2.32. The average molecular weight is 287 g/mol. The van der Waals surface area contributed by atoms with Crippen LogP contribution >= 0.6 is 0 Å². The third-order valence-corrected chi connectivity index (χ3v) is 5.21. The van der Waals surface area contributed by atoms with Gasteiger partial charge >= 0.3 is 0 Å². The molecule has 1 fully saturated rings. The minimum absolute atomic E-state index is 0.371. The van der Waals surface area contributed by atoms with Crippen LogP contribution in [0.4, 0.5) is 0 Å². The van der Waals surface area contributed by atoms with Crippen LogP contribution in [0.1, 0.15) is 62.3 Å². The Morgan fingerprint density at radius 2 is 2.05 bits per heavy atom. The van der Waals surface area contributed by atoms with Crippen LogP contribution in [-0.2, 0) is 17.6 Å². The molecule has 3 atom stereocenters. The lowest BCUT2D eigenvalue weighted by Crippen LogP contribution is -2.32. The van der Waals surface area contributed by atoms with Gasteiger partial charge in [0.15, 0.2) is 0 Å². The van der Waals surface area contributed by atoms with Crippen LogP contribution in [0.2, 0.25) is 0 Å². The lowest BCUT2D eigenvalue weighted by Gasteiger charge is -2.29. The fourth-order valence-corrected chi connectivity index (χ4v) is 3.95. The maximum Gasteiger partial charge on any atom is 0.0594 e. The molecule has 1 saturated heterocycles. The quantitative estimate of drug-likeness (QED) is 0.883. The minimum Gasteiger partial charge on any atom is -0.378 e. The molecule has 2 heteroatoms.